The average molecular weight is 243 g/mol. The van der Waals surface area contributed by atoms with Gasteiger partial charge in [0.2, 0.25) is 0 Å². The van der Waals surface area contributed by atoms with Crippen molar-refractivity contribution >= 4 is 11.3 Å². The maximum atomic E-state index is 3.65. The summed E-state index contributed by atoms with van der Waals surface area (Å²) in [4.78, 5) is 1.48. The fourth-order valence-electron chi connectivity index (χ4n) is 2.32. The minimum Gasteiger partial charge on any atom is -0.313 e. The third-order valence-electron chi connectivity index (χ3n) is 3.38. The Labute approximate surface area is 106 Å². The quantitative estimate of drug-likeness (QED) is 0.848. The standard InChI is InChI=1S/C15H17NS/c1-2-5-12(6-3-1)14-11-15(14)16-9-8-13-7-4-10-17-13/h1-7,10,14-16H,8-9,11H2/t14-,15+/m0/s1. The predicted octanol–water partition coefficient (Wildman–Crippen LogP) is 3.44. The lowest BCUT2D eigenvalue weighted by Crippen LogP contribution is -2.20. The molecule has 0 amide bonds. The monoisotopic (exact) mass is 243 g/mol. The van der Waals surface area contributed by atoms with Crippen LogP contribution in [0, 0.1) is 0 Å². The van der Waals surface area contributed by atoms with Crippen LogP contribution in [0.2, 0.25) is 0 Å². The highest BCUT2D eigenvalue weighted by atomic mass is 32.1. The first kappa shape index (κ1) is 11.0. The van der Waals surface area contributed by atoms with Gasteiger partial charge in [0, 0.05) is 23.4 Å². The van der Waals surface area contributed by atoms with E-state index in [4.69, 9.17) is 0 Å². The zero-order chi connectivity index (χ0) is 11.5. The van der Waals surface area contributed by atoms with Gasteiger partial charge in [-0.15, -0.1) is 11.3 Å². The molecular formula is C15H17NS. The topological polar surface area (TPSA) is 12.0 Å². The summed E-state index contributed by atoms with van der Waals surface area (Å²) in [7, 11) is 0. The number of nitrogens with one attached hydrogen (secondary N) is 1. The van der Waals surface area contributed by atoms with Crippen LogP contribution in [0.25, 0.3) is 0 Å². The van der Waals surface area contributed by atoms with Crippen LogP contribution in [-0.4, -0.2) is 12.6 Å². The van der Waals surface area contributed by atoms with Gasteiger partial charge in [-0.3, -0.25) is 0 Å². The molecular weight excluding hydrogens is 226 g/mol. The number of hydrogen-bond donors (Lipinski definition) is 1. The first-order chi connectivity index (χ1) is 8.43. The highest BCUT2D eigenvalue weighted by Crippen LogP contribution is 2.40. The fraction of sp³-hybridized carbons (Fsp3) is 0.333. The molecule has 2 heteroatoms. The Bertz CT molecular complexity index is 449. The van der Waals surface area contributed by atoms with E-state index in [0.717, 1.165) is 18.9 Å². The van der Waals surface area contributed by atoms with Crippen LogP contribution < -0.4 is 5.32 Å². The molecule has 0 radical (unpaired) electrons. The third kappa shape index (κ3) is 2.76. The Morgan fingerprint density at radius 1 is 1.12 bits per heavy atom. The predicted molar refractivity (Wildman–Crippen MR) is 73.6 cm³/mol. The second-order valence-corrected chi connectivity index (χ2v) is 5.68. The van der Waals surface area contributed by atoms with Crippen molar-refractivity contribution in [3.8, 4) is 0 Å². The van der Waals surface area contributed by atoms with Crippen LogP contribution in [-0.2, 0) is 6.42 Å². The normalized spacial score (nSPS) is 22.6. The van der Waals surface area contributed by atoms with Gasteiger partial charge in [0.25, 0.3) is 0 Å². The van der Waals surface area contributed by atoms with Crippen molar-refractivity contribution < 1.29 is 0 Å². The summed E-state index contributed by atoms with van der Waals surface area (Å²) in [6.07, 6.45) is 2.46. The molecule has 2 aromatic rings. The molecule has 88 valence electrons. The van der Waals surface area contributed by atoms with Gasteiger partial charge in [0.1, 0.15) is 0 Å². The van der Waals surface area contributed by atoms with E-state index in [1.807, 2.05) is 11.3 Å². The molecule has 0 aliphatic heterocycles. The van der Waals surface area contributed by atoms with Gasteiger partial charge in [-0.25, -0.2) is 0 Å². The number of hydrogen-bond acceptors (Lipinski definition) is 2. The lowest BCUT2D eigenvalue weighted by Gasteiger charge is -2.03. The molecule has 0 spiro atoms. The van der Waals surface area contributed by atoms with Crippen LogP contribution in [0.15, 0.2) is 47.8 Å². The molecule has 3 rings (SSSR count). The summed E-state index contributed by atoms with van der Waals surface area (Å²) in [5.41, 5.74) is 1.49. The van der Waals surface area contributed by atoms with Crippen LogP contribution >= 0.6 is 11.3 Å². The van der Waals surface area contributed by atoms with Crippen molar-refractivity contribution in [1.82, 2.24) is 5.32 Å². The number of thiophene rings is 1. The minimum atomic E-state index is 0.706. The van der Waals surface area contributed by atoms with Gasteiger partial charge in [0.15, 0.2) is 0 Å². The molecule has 1 aromatic heterocycles. The van der Waals surface area contributed by atoms with E-state index in [0.29, 0.717) is 6.04 Å². The molecule has 1 nitrogen and oxygen atoms in total. The lowest BCUT2D eigenvalue weighted by molar-refractivity contribution is 0.672. The molecule has 1 saturated carbocycles. The Balaban J connectivity index is 1.44. The molecule has 1 heterocycles. The van der Waals surface area contributed by atoms with Gasteiger partial charge in [-0.1, -0.05) is 36.4 Å². The second kappa shape index (κ2) is 5.03. The summed E-state index contributed by atoms with van der Waals surface area (Å²) in [6, 6.07) is 15.9. The maximum absolute atomic E-state index is 3.65. The third-order valence-corrected chi connectivity index (χ3v) is 4.31. The van der Waals surface area contributed by atoms with Gasteiger partial charge in [-0.05, 0) is 29.9 Å². The first-order valence-electron chi connectivity index (χ1n) is 6.24. The van der Waals surface area contributed by atoms with Crippen molar-refractivity contribution in [1.29, 1.82) is 0 Å². The van der Waals surface area contributed by atoms with Gasteiger partial charge >= 0.3 is 0 Å². The van der Waals surface area contributed by atoms with Crippen LogP contribution in [0.1, 0.15) is 22.8 Å². The van der Waals surface area contributed by atoms with Crippen molar-refractivity contribution in [2.24, 2.45) is 0 Å². The molecule has 1 aromatic carbocycles. The van der Waals surface area contributed by atoms with E-state index >= 15 is 0 Å². The Kier molecular flexibility index (Phi) is 3.25. The number of benzene rings is 1. The summed E-state index contributed by atoms with van der Waals surface area (Å²) >= 11 is 1.85. The fourth-order valence-corrected chi connectivity index (χ4v) is 3.03. The smallest absolute Gasteiger partial charge is 0.0143 e. The van der Waals surface area contributed by atoms with E-state index in [1.54, 1.807) is 0 Å². The van der Waals surface area contributed by atoms with Gasteiger partial charge < -0.3 is 5.32 Å². The summed E-state index contributed by atoms with van der Waals surface area (Å²) in [6.45, 7) is 1.11. The molecule has 1 N–H and O–H groups in total. The van der Waals surface area contributed by atoms with E-state index < -0.39 is 0 Å². The second-order valence-electron chi connectivity index (χ2n) is 4.64. The highest BCUT2D eigenvalue weighted by molar-refractivity contribution is 7.09. The average Bonchev–Trinajstić information content (AvgIpc) is 2.95. The van der Waals surface area contributed by atoms with Crippen molar-refractivity contribution in [2.75, 3.05) is 6.54 Å². The van der Waals surface area contributed by atoms with Gasteiger partial charge in [0.05, 0.1) is 0 Å². The lowest BCUT2D eigenvalue weighted by atomic mass is 10.1. The van der Waals surface area contributed by atoms with E-state index in [-0.39, 0.29) is 0 Å². The van der Waals surface area contributed by atoms with Crippen LogP contribution in [0.4, 0.5) is 0 Å². The van der Waals surface area contributed by atoms with E-state index in [2.05, 4.69) is 53.2 Å². The highest BCUT2D eigenvalue weighted by Gasteiger charge is 2.37. The molecule has 17 heavy (non-hydrogen) atoms. The van der Waals surface area contributed by atoms with Crippen LogP contribution in [0.3, 0.4) is 0 Å². The van der Waals surface area contributed by atoms with Gasteiger partial charge in [-0.2, -0.15) is 0 Å². The Hall–Kier alpha value is -1.12. The Morgan fingerprint density at radius 3 is 2.76 bits per heavy atom. The molecule has 0 bridgehead atoms. The van der Waals surface area contributed by atoms with Crippen LogP contribution in [0.5, 0.6) is 0 Å². The zero-order valence-electron chi connectivity index (χ0n) is 9.80. The van der Waals surface area contributed by atoms with Crippen molar-refractivity contribution in [3.63, 3.8) is 0 Å². The molecule has 0 unspecified atom stereocenters. The van der Waals surface area contributed by atoms with Crippen molar-refractivity contribution in [3.05, 3.63) is 58.3 Å². The Morgan fingerprint density at radius 2 is 2.00 bits per heavy atom. The van der Waals surface area contributed by atoms with E-state index in [9.17, 15) is 0 Å². The summed E-state index contributed by atoms with van der Waals surface area (Å²) in [5, 5.41) is 5.80. The molecule has 0 saturated heterocycles. The zero-order valence-corrected chi connectivity index (χ0v) is 10.6. The number of rotatable bonds is 5. The summed E-state index contributed by atoms with van der Waals surface area (Å²) < 4.78 is 0. The first-order valence-corrected chi connectivity index (χ1v) is 7.12. The molecule has 2 atom stereocenters. The SMILES string of the molecule is c1ccc([C@@H]2C[C@H]2NCCc2cccs2)cc1. The summed E-state index contributed by atoms with van der Waals surface area (Å²) in [5.74, 6) is 0.750. The molecule has 1 fully saturated rings. The molecule has 1 aliphatic rings. The van der Waals surface area contributed by atoms with Crippen molar-refractivity contribution in [2.45, 2.75) is 24.8 Å². The largest absolute Gasteiger partial charge is 0.313 e. The van der Waals surface area contributed by atoms with E-state index in [1.165, 1.54) is 16.9 Å². The molecule has 1 aliphatic carbocycles. The minimum absolute atomic E-state index is 0.706. The maximum Gasteiger partial charge on any atom is 0.0143 e.